The fourth-order valence-corrected chi connectivity index (χ4v) is 4.06. The molecule has 3 fully saturated rings. The number of likely N-dealkylation sites (tertiary alicyclic amines) is 1. The molecule has 0 amide bonds. The van der Waals surface area contributed by atoms with Crippen LogP contribution < -0.4 is 11.1 Å². The maximum Gasteiger partial charge on any atom is 0.422 e. The van der Waals surface area contributed by atoms with Crippen LogP contribution in [0.15, 0.2) is 11.9 Å². The number of nitrogens with two attached hydrogens (primary N) is 1. The normalized spacial score (nSPS) is 33.1. The van der Waals surface area contributed by atoms with Crippen molar-refractivity contribution in [2.24, 2.45) is 5.73 Å². The van der Waals surface area contributed by atoms with Crippen molar-refractivity contribution >= 4 is 5.90 Å². The highest BCUT2D eigenvalue weighted by Crippen LogP contribution is 2.31. The Morgan fingerprint density at radius 2 is 1.77 bits per heavy atom. The smallest absolute Gasteiger partial charge is 0.422 e. The van der Waals surface area contributed by atoms with Gasteiger partial charge in [-0.05, 0) is 38.5 Å². The van der Waals surface area contributed by atoms with E-state index >= 15 is 0 Å². The van der Waals surface area contributed by atoms with E-state index in [-0.39, 0.29) is 11.7 Å². The van der Waals surface area contributed by atoms with Gasteiger partial charge in [-0.25, -0.2) is 0 Å². The van der Waals surface area contributed by atoms with Crippen molar-refractivity contribution in [3.05, 3.63) is 11.9 Å². The summed E-state index contributed by atoms with van der Waals surface area (Å²) < 4.78 is 46.5. The van der Waals surface area contributed by atoms with Crippen molar-refractivity contribution in [3.63, 3.8) is 0 Å². The standard InChI is InChI=1S/C17H27F3N4O2/c18-17(19,20)10-25-16(22)15(21)7-23-11-1-3-12(4-2-11)24-8-13-5-6-14(9-24)26-13/h7,11-14,22-23H,1-6,8-10,21H2/b15-7+,22-16?/t11-,12-,13-,14+. The maximum absolute atomic E-state index is 12.1. The predicted molar refractivity (Wildman–Crippen MR) is 90.7 cm³/mol. The van der Waals surface area contributed by atoms with Crippen LogP contribution in [0.2, 0.25) is 0 Å². The van der Waals surface area contributed by atoms with Gasteiger partial charge in [0, 0.05) is 31.4 Å². The van der Waals surface area contributed by atoms with Crippen LogP contribution in [0, 0.1) is 5.41 Å². The first-order valence-electron chi connectivity index (χ1n) is 9.20. The monoisotopic (exact) mass is 376 g/mol. The molecule has 148 valence electrons. The van der Waals surface area contributed by atoms with Gasteiger partial charge >= 0.3 is 6.18 Å². The fourth-order valence-electron chi connectivity index (χ4n) is 4.06. The number of hydrogen-bond donors (Lipinski definition) is 3. The van der Waals surface area contributed by atoms with E-state index in [9.17, 15) is 13.2 Å². The first-order valence-corrected chi connectivity index (χ1v) is 9.20. The molecule has 2 heterocycles. The van der Waals surface area contributed by atoms with Crippen LogP contribution in [0.1, 0.15) is 38.5 Å². The van der Waals surface area contributed by atoms with E-state index in [0.717, 1.165) is 38.8 Å². The zero-order valence-corrected chi connectivity index (χ0v) is 14.7. The Kier molecular flexibility index (Phi) is 5.96. The molecule has 0 radical (unpaired) electrons. The molecule has 9 heteroatoms. The number of halogens is 3. The fraction of sp³-hybridized carbons (Fsp3) is 0.824. The highest BCUT2D eigenvalue weighted by Gasteiger charge is 2.37. The lowest BCUT2D eigenvalue weighted by Crippen LogP contribution is -2.50. The Bertz CT molecular complexity index is 521. The molecule has 3 aliphatic rings. The van der Waals surface area contributed by atoms with Crippen molar-refractivity contribution in [1.82, 2.24) is 10.2 Å². The number of hydrogen-bond acceptors (Lipinski definition) is 6. The zero-order valence-electron chi connectivity index (χ0n) is 14.7. The van der Waals surface area contributed by atoms with Crippen LogP contribution in [0.4, 0.5) is 13.2 Å². The summed E-state index contributed by atoms with van der Waals surface area (Å²) >= 11 is 0. The molecule has 0 spiro atoms. The van der Waals surface area contributed by atoms with E-state index in [4.69, 9.17) is 15.9 Å². The average molecular weight is 376 g/mol. The van der Waals surface area contributed by atoms with E-state index in [2.05, 4.69) is 15.0 Å². The van der Waals surface area contributed by atoms with Gasteiger partial charge in [0.25, 0.3) is 0 Å². The second kappa shape index (κ2) is 8.04. The highest BCUT2D eigenvalue weighted by atomic mass is 19.4. The lowest BCUT2D eigenvalue weighted by molar-refractivity contribution is -0.156. The lowest BCUT2D eigenvalue weighted by Gasteiger charge is -2.41. The molecule has 2 atom stereocenters. The Morgan fingerprint density at radius 1 is 1.15 bits per heavy atom. The number of fused-ring (bicyclic) bond motifs is 2. The molecule has 6 nitrogen and oxygen atoms in total. The Hall–Kier alpha value is -1.48. The molecule has 0 aromatic carbocycles. The summed E-state index contributed by atoms with van der Waals surface area (Å²) in [5.74, 6) is -0.660. The molecule has 0 unspecified atom stereocenters. The summed E-state index contributed by atoms with van der Waals surface area (Å²) in [6, 6.07) is 0.799. The van der Waals surface area contributed by atoms with Gasteiger partial charge in [-0.2, -0.15) is 13.2 Å². The zero-order chi connectivity index (χ0) is 18.7. The topological polar surface area (TPSA) is 83.6 Å². The predicted octanol–water partition coefficient (Wildman–Crippen LogP) is 2.11. The third-order valence-electron chi connectivity index (χ3n) is 5.40. The van der Waals surface area contributed by atoms with Gasteiger partial charge < -0.3 is 20.5 Å². The van der Waals surface area contributed by atoms with Crippen LogP contribution in [-0.2, 0) is 9.47 Å². The van der Waals surface area contributed by atoms with Crippen LogP contribution in [0.3, 0.4) is 0 Å². The van der Waals surface area contributed by atoms with E-state index in [1.54, 1.807) is 0 Å². The van der Waals surface area contributed by atoms with Gasteiger partial charge in [-0.15, -0.1) is 0 Å². The van der Waals surface area contributed by atoms with Crippen LogP contribution >= 0.6 is 0 Å². The molecule has 4 N–H and O–H groups in total. The number of morpholine rings is 1. The third-order valence-corrected chi connectivity index (χ3v) is 5.40. The number of rotatable bonds is 5. The summed E-state index contributed by atoms with van der Waals surface area (Å²) in [5, 5.41) is 10.5. The van der Waals surface area contributed by atoms with Gasteiger partial charge in [0.1, 0.15) is 5.70 Å². The first kappa shape index (κ1) is 19.3. The summed E-state index contributed by atoms with van der Waals surface area (Å²) in [6.07, 6.45) is 4.14. The number of nitrogens with zero attached hydrogens (tertiary/aromatic N) is 1. The minimum Gasteiger partial charge on any atom is -0.467 e. The van der Waals surface area contributed by atoms with Crippen molar-refractivity contribution in [3.8, 4) is 0 Å². The molecule has 2 saturated heterocycles. The molecular formula is C17H27F3N4O2. The van der Waals surface area contributed by atoms with E-state index < -0.39 is 18.7 Å². The van der Waals surface area contributed by atoms with E-state index in [1.165, 1.54) is 19.0 Å². The minimum absolute atomic E-state index is 0.124. The minimum atomic E-state index is -4.47. The molecule has 26 heavy (non-hydrogen) atoms. The number of alkyl halides is 3. The number of ether oxygens (including phenoxy) is 2. The average Bonchev–Trinajstić information content (AvgIpc) is 2.95. The molecule has 3 rings (SSSR count). The van der Waals surface area contributed by atoms with Crippen molar-refractivity contribution < 1.29 is 22.6 Å². The Morgan fingerprint density at radius 3 is 2.35 bits per heavy atom. The van der Waals surface area contributed by atoms with Gasteiger partial charge in [-0.1, -0.05) is 0 Å². The Labute approximate surface area is 151 Å². The SMILES string of the molecule is N=C(OCC(F)(F)F)/C(N)=C\N[C@H]1CC[C@H](N2C[C@H]3CC[C@@H](C2)O3)CC1. The summed E-state index contributed by atoms with van der Waals surface area (Å²) in [6.45, 7) is 0.548. The van der Waals surface area contributed by atoms with Gasteiger partial charge in [0.15, 0.2) is 6.61 Å². The van der Waals surface area contributed by atoms with Gasteiger partial charge in [0.05, 0.1) is 12.2 Å². The van der Waals surface area contributed by atoms with Crippen molar-refractivity contribution in [2.75, 3.05) is 19.7 Å². The summed E-state index contributed by atoms with van der Waals surface area (Å²) in [5.41, 5.74) is 5.48. The van der Waals surface area contributed by atoms with Crippen LogP contribution in [0.25, 0.3) is 0 Å². The molecular weight excluding hydrogens is 349 g/mol. The maximum atomic E-state index is 12.1. The van der Waals surface area contributed by atoms with Crippen LogP contribution in [-0.4, -0.2) is 61.0 Å². The number of nitrogens with one attached hydrogen (secondary N) is 2. The summed E-state index contributed by atoms with van der Waals surface area (Å²) in [4.78, 5) is 2.56. The van der Waals surface area contributed by atoms with Gasteiger partial charge in [0.2, 0.25) is 5.90 Å². The quantitative estimate of drug-likeness (QED) is 0.506. The second-order valence-electron chi connectivity index (χ2n) is 7.42. The molecule has 0 aromatic rings. The highest BCUT2D eigenvalue weighted by molar-refractivity contribution is 5.89. The summed E-state index contributed by atoms with van der Waals surface area (Å²) in [7, 11) is 0. The largest absolute Gasteiger partial charge is 0.467 e. The molecule has 2 bridgehead atoms. The van der Waals surface area contributed by atoms with E-state index in [0.29, 0.717) is 18.2 Å². The van der Waals surface area contributed by atoms with Gasteiger partial charge in [-0.3, -0.25) is 10.3 Å². The Balaban J connectivity index is 1.39. The first-order chi connectivity index (χ1) is 12.3. The molecule has 0 aromatic heterocycles. The molecule has 1 aliphatic carbocycles. The van der Waals surface area contributed by atoms with E-state index in [1.807, 2.05) is 0 Å². The molecule has 1 saturated carbocycles. The van der Waals surface area contributed by atoms with Crippen molar-refractivity contribution in [2.45, 2.75) is 69.0 Å². The third kappa shape index (κ3) is 5.26. The lowest BCUT2D eigenvalue weighted by atomic mass is 9.90. The second-order valence-corrected chi connectivity index (χ2v) is 7.42. The van der Waals surface area contributed by atoms with Crippen LogP contribution in [0.5, 0.6) is 0 Å². The molecule has 2 aliphatic heterocycles. The van der Waals surface area contributed by atoms with Crippen molar-refractivity contribution in [1.29, 1.82) is 5.41 Å².